The quantitative estimate of drug-likeness (QED) is 0.880. The lowest BCUT2D eigenvalue weighted by Gasteiger charge is -2.15. The number of nitrogens with zero attached hydrogens (tertiary/aromatic N) is 2. The molecule has 96 valence electrons. The second-order valence-electron chi connectivity index (χ2n) is 4.13. The van der Waals surface area contributed by atoms with Crippen molar-refractivity contribution in [2.24, 2.45) is 0 Å². The van der Waals surface area contributed by atoms with Crippen LogP contribution in [-0.4, -0.2) is 24.2 Å². The number of hydrogen-bond donors (Lipinski definition) is 1. The third-order valence-corrected chi connectivity index (χ3v) is 3.88. The lowest BCUT2D eigenvalue weighted by Crippen LogP contribution is -2.30. The molecule has 2 heterocycles. The number of ether oxygens (including phenoxy) is 1. The summed E-state index contributed by atoms with van der Waals surface area (Å²) in [7, 11) is 0. The Bertz CT molecular complexity index is 455. The number of nitriles is 1. The molecule has 1 aliphatic rings. The number of pyridine rings is 1. The van der Waals surface area contributed by atoms with Gasteiger partial charge in [0.2, 0.25) is 0 Å². The predicted octanol–water partition coefficient (Wildman–Crippen LogP) is 2.94. The molecule has 2 atom stereocenters. The van der Waals surface area contributed by atoms with Crippen LogP contribution in [0.25, 0.3) is 0 Å². The average Bonchev–Trinajstić information content (AvgIpc) is 2.85. The zero-order valence-electron chi connectivity index (χ0n) is 9.70. The molecule has 0 aliphatic carbocycles. The molecular formula is C12H13Br2N3O. The molecule has 0 bridgehead atoms. The third-order valence-electron chi connectivity index (χ3n) is 2.81. The van der Waals surface area contributed by atoms with E-state index in [9.17, 15) is 5.26 Å². The minimum Gasteiger partial charge on any atom is -0.377 e. The Morgan fingerprint density at radius 1 is 1.61 bits per heavy atom. The molecule has 0 aromatic carbocycles. The van der Waals surface area contributed by atoms with Crippen molar-refractivity contribution in [2.75, 3.05) is 13.2 Å². The highest BCUT2D eigenvalue weighted by Crippen LogP contribution is 2.24. The van der Waals surface area contributed by atoms with E-state index in [0.717, 1.165) is 28.4 Å². The fourth-order valence-corrected chi connectivity index (χ4v) is 3.11. The number of hydrogen-bond acceptors (Lipinski definition) is 4. The van der Waals surface area contributed by atoms with Gasteiger partial charge in [-0.05, 0) is 50.8 Å². The normalized spacial score (nSPS) is 20.6. The summed E-state index contributed by atoms with van der Waals surface area (Å²) in [6.45, 7) is 1.51. The molecule has 0 radical (unpaired) electrons. The summed E-state index contributed by atoms with van der Waals surface area (Å²) in [5.41, 5.74) is 0.707. The van der Waals surface area contributed by atoms with Gasteiger partial charge in [0.05, 0.1) is 17.9 Å². The van der Waals surface area contributed by atoms with Crippen LogP contribution in [0.4, 0.5) is 0 Å². The molecule has 1 fully saturated rings. The van der Waals surface area contributed by atoms with Gasteiger partial charge in [-0.1, -0.05) is 0 Å². The van der Waals surface area contributed by atoms with E-state index in [2.05, 4.69) is 48.2 Å². The highest BCUT2D eigenvalue weighted by atomic mass is 79.9. The van der Waals surface area contributed by atoms with Gasteiger partial charge in [0, 0.05) is 28.3 Å². The van der Waals surface area contributed by atoms with Crippen molar-refractivity contribution in [3.63, 3.8) is 0 Å². The Morgan fingerprint density at radius 3 is 3.06 bits per heavy atom. The van der Waals surface area contributed by atoms with Crippen LogP contribution >= 0.6 is 31.9 Å². The highest BCUT2D eigenvalue weighted by molar-refractivity contribution is 9.11. The Balaban J connectivity index is 2.01. The molecule has 1 saturated heterocycles. The van der Waals surface area contributed by atoms with E-state index in [1.807, 2.05) is 6.07 Å². The smallest absolute Gasteiger partial charge is 0.139 e. The second kappa shape index (κ2) is 6.62. The standard InChI is InChI=1S/C12H13Br2N3O/c13-8-4-10(14)12(17-6-8)11(5-15)16-7-9-2-1-3-18-9/h4,6,9,11,16H,1-3,7H2. The largest absolute Gasteiger partial charge is 0.377 e. The molecule has 4 nitrogen and oxygen atoms in total. The fourth-order valence-electron chi connectivity index (χ4n) is 1.90. The van der Waals surface area contributed by atoms with Crippen LogP contribution in [0.1, 0.15) is 24.6 Å². The summed E-state index contributed by atoms with van der Waals surface area (Å²) in [5.74, 6) is 0. The van der Waals surface area contributed by atoms with Crippen molar-refractivity contribution in [3.8, 4) is 6.07 Å². The summed E-state index contributed by atoms with van der Waals surface area (Å²) in [4.78, 5) is 4.27. The first-order valence-corrected chi connectivity index (χ1v) is 7.35. The van der Waals surface area contributed by atoms with Crippen molar-refractivity contribution in [3.05, 3.63) is 26.9 Å². The van der Waals surface area contributed by atoms with Gasteiger partial charge >= 0.3 is 0 Å². The van der Waals surface area contributed by atoms with Crippen molar-refractivity contribution in [1.82, 2.24) is 10.3 Å². The highest BCUT2D eigenvalue weighted by Gasteiger charge is 2.20. The van der Waals surface area contributed by atoms with Gasteiger partial charge in [-0.3, -0.25) is 10.3 Å². The van der Waals surface area contributed by atoms with Crippen molar-refractivity contribution in [1.29, 1.82) is 5.26 Å². The Labute approximate surface area is 123 Å². The summed E-state index contributed by atoms with van der Waals surface area (Å²) in [5, 5.41) is 12.4. The minimum atomic E-state index is -0.420. The number of aromatic nitrogens is 1. The van der Waals surface area contributed by atoms with Gasteiger partial charge in [0.15, 0.2) is 0 Å². The van der Waals surface area contributed by atoms with E-state index < -0.39 is 6.04 Å². The molecule has 1 N–H and O–H groups in total. The first-order chi connectivity index (χ1) is 8.70. The summed E-state index contributed by atoms with van der Waals surface area (Å²) in [6.07, 6.45) is 4.07. The number of halogens is 2. The van der Waals surface area contributed by atoms with Crippen molar-refractivity contribution in [2.45, 2.75) is 25.0 Å². The molecule has 0 saturated carbocycles. The van der Waals surface area contributed by atoms with E-state index in [4.69, 9.17) is 4.74 Å². The van der Waals surface area contributed by atoms with Crippen LogP contribution in [0.2, 0.25) is 0 Å². The SMILES string of the molecule is N#CC(NCC1CCCO1)c1ncc(Br)cc1Br. The van der Waals surface area contributed by atoms with Crippen molar-refractivity contribution < 1.29 is 4.74 Å². The Kier molecular flexibility index (Phi) is 5.13. The molecule has 0 amide bonds. The van der Waals surface area contributed by atoms with Crippen LogP contribution < -0.4 is 5.32 Å². The second-order valence-corrected chi connectivity index (χ2v) is 5.90. The summed E-state index contributed by atoms with van der Waals surface area (Å²) in [6, 6.07) is 3.70. The first-order valence-electron chi connectivity index (χ1n) is 5.76. The van der Waals surface area contributed by atoms with Gasteiger partial charge in [-0.15, -0.1) is 0 Å². The molecule has 1 aromatic rings. The molecular weight excluding hydrogens is 362 g/mol. The van der Waals surface area contributed by atoms with Crippen LogP contribution in [-0.2, 0) is 4.74 Å². The van der Waals surface area contributed by atoms with E-state index in [1.165, 1.54) is 0 Å². The molecule has 1 aromatic heterocycles. The Hall–Kier alpha value is -0.480. The van der Waals surface area contributed by atoms with Gasteiger partial charge in [0.1, 0.15) is 6.04 Å². The maximum Gasteiger partial charge on any atom is 0.139 e. The van der Waals surface area contributed by atoms with Crippen LogP contribution in [0.3, 0.4) is 0 Å². The molecule has 2 unspecified atom stereocenters. The van der Waals surface area contributed by atoms with E-state index in [1.54, 1.807) is 6.20 Å². The molecule has 2 rings (SSSR count). The van der Waals surface area contributed by atoms with Gasteiger partial charge < -0.3 is 4.74 Å². The minimum absolute atomic E-state index is 0.218. The predicted molar refractivity (Wildman–Crippen MR) is 75.0 cm³/mol. The van der Waals surface area contributed by atoms with Gasteiger partial charge in [0.25, 0.3) is 0 Å². The monoisotopic (exact) mass is 373 g/mol. The molecule has 1 aliphatic heterocycles. The van der Waals surface area contributed by atoms with Gasteiger partial charge in [-0.25, -0.2) is 0 Å². The molecule has 6 heteroatoms. The molecule has 0 spiro atoms. The van der Waals surface area contributed by atoms with E-state index in [-0.39, 0.29) is 6.10 Å². The van der Waals surface area contributed by atoms with Crippen LogP contribution in [0.5, 0.6) is 0 Å². The zero-order chi connectivity index (χ0) is 13.0. The maximum atomic E-state index is 9.22. The van der Waals surface area contributed by atoms with Crippen molar-refractivity contribution >= 4 is 31.9 Å². The third kappa shape index (κ3) is 3.51. The summed E-state index contributed by atoms with van der Waals surface area (Å²) >= 11 is 6.77. The summed E-state index contributed by atoms with van der Waals surface area (Å²) < 4.78 is 7.23. The lowest BCUT2D eigenvalue weighted by molar-refractivity contribution is 0.109. The average molecular weight is 375 g/mol. The maximum absolute atomic E-state index is 9.22. The molecule has 18 heavy (non-hydrogen) atoms. The first kappa shape index (κ1) is 13.9. The number of rotatable bonds is 4. The number of nitrogens with one attached hydrogen (secondary N) is 1. The van der Waals surface area contributed by atoms with Crippen LogP contribution in [0.15, 0.2) is 21.2 Å². The fraction of sp³-hybridized carbons (Fsp3) is 0.500. The lowest BCUT2D eigenvalue weighted by atomic mass is 10.2. The van der Waals surface area contributed by atoms with E-state index in [0.29, 0.717) is 12.2 Å². The Morgan fingerprint density at radius 2 is 2.44 bits per heavy atom. The van der Waals surface area contributed by atoms with Crippen LogP contribution in [0, 0.1) is 11.3 Å². The van der Waals surface area contributed by atoms with Gasteiger partial charge in [-0.2, -0.15) is 5.26 Å². The van der Waals surface area contributed by atoms with E-state index >= 15 is 0 Å². The topological polar surface area (TPSA) is 57.9 Å². The zero-order valence-corrected chi connectivity index (χ0v) is 12.9.